The van der Waals surface area contributed by atoms with E-state index in [0.717, 1.165) is 6.08 Å². The molecule has 0 unspecified atom stereocenters. The molecule has 1 aliphatic heterocycles. The molecule has 0 amide bonds. The number of carbonyl (C=O) groups excluding carboxylic acids is 1. The van der Waals surface area contributed by atoms with Gasteiger partial charge in [0.15, 0.2) is 0 Å². The lowest BCUT2D eigenvalue weighted by Gasteiger charge is -2.01. The normalized spacial score (nSPS) is 14.3. The first-order valence-electron chi connectivity index (χ1n) is 3.97. The molecule has 0 aliphatic carbocycles. The Morgan fingerprint density at radius 2 is 2.20 bits per heavy atom. The van der Waals surface area contributed by atoms with Gasteiger partial charge in [-0.3, -0.25) is 0 Å². The maximum absolute atomic E-state index is 11.0. The van der Waals surface area contributed by atoms with E-state index in [-0.39, 0.29) is 6.02 Å². The summed E-state index contributed by atoms with van der Waals surface area (Å²) in [4.78, 5) is 24.8. The second-order valence-corrected chi connectivity index (χ2v) is 2.37. The molecule has 1 aliphatic rings. The van der Waals surface area contributed by atoms with Gasteiger partial charge in [-0.2, -0.15) is 0 Å². The molecular formula is C9H8N2O4. The van der Waals surface area contributed by atoms with Crippen molar-refractivity contribution >= 4 is 18.0 Å². The van der Waals surface area contributed by atoms with E-state index in [4.69, 9.17) is 5.11 Å². The molecule has 0 spiro atoms. The van der Waals surface area contributed by atoms with Crippen LogP contribution >= 0.6 is 0 Å². The molecule has 0 aromatic heterocycles. The number of nitrogens with one attached hydrogen (secondary N) is 1. The first-order valence-corrected chi connectivity index (χ1v) is 3.97. The number of ether oxygens (including phenoxy) is 1. The minimum atomic E-state index is -1.22. The van der Waals surface area contributed by atoms with Crippen LogP contribution < -0.4 is 5.32 Å². The number of allylic oxidation sites excluding steroid dienone is 2. The van der Waals surface area contributed by atoms with Crippen LogP contribution in [-0.4, -0.2) is 23.1 Å². The van der Waals surface area contributed by atoms with Crippen LogP contribution in [0.25, 0.3) is 0 Å². The Morgan fingerprint density at radius 1 is 1.40 bits per heavy atom. The van der Waals surface area contributed by atoms with E-state index in [1.807, 2.05) is 0 Å². The summed E-state index contributed by atoms with van der Waals surface area (Å²) in [5, 5.41) is 10.8. The molecule has 0 radical (unpaired) electrons. The first-order chi connectivity index (χ1) is 7.18. The van der Waals surface area contributed by atoms with Gasteiger partial charge in [0.25, 0.3) is 0 Å². The van der Waals surface area contributed by atoms with Crippen molar-refractivity contribution in [3.05, 3.63) is 36.7 Å². The number of amidine groups is 1. The Balaban J connectivity index is 2.51. The zero-order chi connectivity index (χ0) is 11.1. The summed E-state index contributed by atoms with van der Waals surface area (Å²) >= 11 is 0. The van der Waals surface area contributed by atoms with E-state index in [1.165, 1.54) is 12.4 Å². The van der Waals surface area contributed by atoms with Crippen molar-refractivity contribution in [3.8, 4) is 0 Å². The van der Waals surface area contributed by atoms with Crippen LogP contribution in [0.3, 0.4) is 0 Å². The standard InChI is InChI=1S/C9H8N2O4/c12-7(13)3-4-8(14)15-9-10-5-1-2-6-11-9/h1-6H,(H,10,11)(H,12,13)/b4-3+. The molecule has 0 aromatic rings. The number of esters is 1. The van der Waals surface area contributed by atoms with Crippen LogP contribution in [0, 0.1) is 0 Å². The van der Waals surface area contributed by atoms with Crippen LogP contribution in [-0.2, 0) is 14.3 Å². The van der Waals surface area contributed by atoms with Crippen LogP contribution in [0.15, 0.2) is 41.7 Å². The molecule has 78 valence electrons. The van der Waals surface area contributed by atoms with E-state index >= 15 is 0 Å². The fourth-order valence-electron chi connectivity index (χ4n) is 0.697. The largest absolute Gasteiger partial charge is 0.478 e. The molecule has 2 N–H and O–H groups in total. The van der Waals surface area contributed by atoms with Crippen LogP contribution in [0.1, 0.15) is 0 Å². The van der Waals surface area contributed by atoms with Gasteiger partial charge in [0.1, 0.15) is 0 Å². The minimum Gasteiger partial charge on any atom is -0.478 e. The predicted molar refractivity (Wildman–Crippen MR) is 51.7 cm³/mol. The molecule has 0 aromatic carbocycles. The molecule has 0 fully saturated rings. The minimum absolute atomic E-state index is 0.0139. The van der Waals surface area contributed by atoms with Crippen molar-refractivity contribution in [2.75, 3.05) is 0 Å². The van der Waals surface area contributed by atoms with Crippen molar-refractivity contribution in [1.82, 2.24) is 5.32 Å². The SMILES string of the molecule is O=C(O)/C=C/C(=O)OC1=NC=CC=CN1. The van der Waals surface area contributed by atoms with Gasteiger partial charge >= 0.3 is 18.0 Å². The average molecular weight is 208 g/mol. The topological polar surface area (TPSA) is 88.0 Å². The maximum Gasteiger partial charge on any atom is 0.338 e. The van der Waals surface area contributed by atoms with E-state index in [1.54, 1.807) is 12.2 Å². The third-order valence-electron chi connectivity index (χ3n) is 1.25. The van der Waals surface area contributed by atoms with Crippen molar-refractivity contribution in [1.29, 1.82) is 0 Å². The molecule has 15 heavy (non-hydrogen) atoms. The highest BCUT2D eigenvalue weighted by molar-refractivity contribution is 5.97. The molecule has 0 bridgehead atoms. The van der Waals surface area contributed by atoms with Crippen molar-refractivity contribution in [2.24, 2.45) is 4.99 Å². The first kappa shape index (κ1) is 10.7. The Morgan fingerprint density at radius 3 is 2.93 bits per heavy atom. The van der Waals surface area contributed by atoms with Crippen molar-refractivity contribution in [2.45, 2.75) is 0 Å². The number of hydrogen-bond donors (Lipinski definition) is 2. The predicted octanol–water partition coefficient (Wildman–Crippen LogP) is 0.157. The molecule has 6 nitrogen and oxygen atoms in total. The monoisotopic (exact) mass is 208 g/mol. The molecule has 1 rings (SSSR count). The molecule has 0 saturated heterocycles. The number of rotatable bonds is 2. The number of carboxylic acids is 1. The Labute approximate surface area is 85.3 Å². The summed E-state index contributed by atoms with van der Waals surface area (Å²) in [5.41, 5.74) is 0. The number of aliphatic imine (C=N–C) groups is 1. The highest BCUT2D eigenvalue weighted by Crippen LogP contribution is 1.90. The number of nitrogens with zero attached hydrogens (tertiary/aromatic N) is 1. The number of hydrogen-bond acceptors (Lipinski definition) is 5. The van der Waals surface area contributed by atoms with Gasteiger partial charge in [-0.1, -0.05) is 0 Å². The number of carboxylic acid groups (broad SMARTS) is 1. The van der Waals surface area contributed by atoms with Gasteiger partial charge in [-0.25, -0.2) is 14.6 Å². The van der Waals surface area contributed by atoms with E-state index in [2.05, 4.69) is 15.0 Å². The van der Waals surface area contributed by atoms with Gasteiger partial charge in [-0.05, 0) is 12.2 Å². The van der Waals surface area contributed by atoms with Gasteiger partial charge in [-0.15, -0.1) is 0 Å². The van der Waals surface area contributed by atoms with Crippen LogP contribution in [0.5, 0.6) is 0 Å². The van der Waals surface area contributed by atoms with Crippen LogP contribution in [0.2, 0.25) is 0 Å². The Kier molecular flexibility index (Phi) is 3.84. The van der Waals surface area contributed by atoms with Gasteiger partial charge in [0, 0.05) is 24.6 Å². The number of carbonyl (C=O) groups is 2. The van der Waals surface area contributed by atoms with Gasteiger partial charge in [0.05, 0.1) is 0 Å². The lowest BCUT2D eigenvalue weighted by Crippen LogP contribution is -2.22. The Hall–Kier alpha value is -2.37. The third kappa shape index (κ3) is 4.41. The molecular weight excluding hydrogens is 200 g/mol. The molecule has 0 atom stereocenters. The van der Waals surface area contributed by atoms with Crippen molar-refractivity contribution in [3.63, 3.8) is 0 Å². The summed E-state index contributed by atoms with van der Waals surface area (Å²) in [7, 11) is 0. The van der Waals surface area contributed by atoms with Gasteiger partial charge in [0.2, 0.25) is 0 Å². The average Bonchev–Trinajstić information content (AvgIpc) is 2.43. The summed E-state index contributed by atoms with van der Waals surface area (Å²) in [6.07, 6.45) is 7.74. The zero-order valence-electron chi connectivity index (χ0n) is 7.58. The fourth-order valence-corrected chi connectivity index (χ4v) is 0.697. The lowest BCUT2D eigenvalue weighted by atomic mass is 10.5. The lowest BCUT2D eigenvalue weighted by molar-refractivity contribution is -0.133. The summed E-state index contributed by atoms with van der Waals surface area (Å²) < 4.78 is 4.67. The smallest absolute Gasteiger partial charge is 0.338 e. The Bertz CT molecular complexity index is 380. The van der Waals surface area contributed by atoms with Gasteiger partial charge < -0.3 is 15.2 Å². The second kappa shape index (κ2) is 5.38. The van der Waals surface area contributed by atoms with Crippen molar-refractivity contribution < 1.29 is 19.4 Å². The summed E-state index contributed by atoms with van der Waals surface area (Å²) in [6.45, 7) is 0. The van der Waals surface area contributed by atoms with Crippen LogP contribution in [0.4, 0.5) is 0 Å². The summed E-state index contributed by atoms with van der Waals surface area (Å²) in [6, 6.07) is -0.0139. The molecule has 0 saturated carbocycles. The van der Waals surface area contributed by atoms with E-state index in [0.29, 0.717) is 6.08 Å². The van der Waals surface area contributed by atoms with E-state index < -0.39 is 11.9 Å². The summed E-state index contributed by atoms with van der Waals surface area (Å²) in [5.74, 6) is -2.03. The van der Waals surface area contributed by atoms with E-state index in [9.17, 15) is 9.59 Å². The third-order valence-corrected chi connectivity index (χ3v) is 1.25. The fraction of sp³-hybridized carbons (Fsp3) is 0. The maximum atomic E-state index is 11.0. The zero-order valence-corrected chi connectivity index (χ0v) is 7.58. The number of aliphatic carboxylic acids is 1. The highest BCUT2D eigenvalue weighted by Gasteiger charge is 2.04. The second-order valence-electron chi connectivity index (χ2n) is 2.37. The molecule has 1 heterocycles. The quantitative estimate of drug-likeness (QED) is 0.498. The highest BCUT2D eigenvalue weighted by atomic mass is 16.6. The molecule has 6 heteroatoms.